The summed E-state index contributed by atoms with van der Waals surface area (Å²) in [6.45, 7) is 1.73. The highest BCUT2D eigenvalue weighted by Gasteiger charge is 2.13. The first-order chi connectivity index (χ1) is 15.9. The van der Waals surface area contributed by atoms with Gasteiger partial charge in [-0.3, -0.25) is 10.1 Å². The second-order valence-corrected chi connectivity index (χ2v) is 7.38. The molecule has 0 fully saturated rings. The van der Waals surface area contributed by atoms with Crippen molar-refractivity contribution in [3.05, 3.63) is 68.5 Å². The number of nitro benzene ring substituents is 1. The fraction of sp³-hybridized carbons (Fsp3) is 0.174. The van der Waals surface area contributed by atoms with Crippen molar-refractivity contribution in [2.24, 2.45) is 0 Å². The molecule has 33 heavy (non-hydrogen) atoms. The van der Waals surface area contributed by atoms with Crippen molar-refractivity contribution < 1.29 is 23.9 Å². The molecule has 1 heterocycles. The van der Waals surface area contributed by atoms with Gasteiger partial charge in [0, 0.05) is 23.1 Å². The van der Waals surface area contributed by atoms with Gasteiger partial charge in [0.05, 0.1) is 29.9 Å². The lowest BCUT2D eigenvalue weighted by molar-refractivity contribution is -0.384. The topological polar surface area (TPSA) is 125 Å². The van der Waals surface area contributed by atoms with Gasteiger partial charge in [-0.15, -0.1) is 11.3 Å². The van der Waals surface area contributed by atoms with Crippen LogP contribution in [0.1, 0.15) is 17.5 Å². The van der Waals surface area contributed by atoms with Crippen LogP contribution in [-0.2, 0) is 9.53 Å². The summed E-state index contributed by atoms with van der Waals surface area (Å²) in [5.74, 6) is 0.267. The minimum atomic E-state index is -0.487. The molecule has 0 bridgehead atoms. The van der Waals surface area contributed by atoms with Gasteiger partial charge in [0.25, 0.3) is 5.69 Å². The number of methoxy groups -OCH3 is 1. The predicted octanol–water partition coefficient (Wildman–Crippen LogP) is 4.73. The molecule has 0 radical (unpaired) electrons. The molecule has 0 aliphatic heterocycles. The van der Waals surface area contributed by atoms with E-state index in [1.165, 1.54) is 30.6 Å². The summed E-state index contributed by atoms with van der Waals surface area (Å²) < 4.78 is 15.6. The van der Waals surface area contributed by atoms with Gasteiger partial charge < -0.3 is 14.2 Å². The minimum absolute atomic E-state index is 0.0320. The maximum Gasteiger partial charge on any atom is 0.344 e. The van der Waals surface area contributed by atoms with Gasteiger partial charge in [-0.05, 0) is 30.7 Å². The van der Waals surface area contributed by atoms with Gasteiger partial charge in [0.2, 0.25) is 0 Å². The Labute approximate surface area is 193 Å². The van der Waals surface area contributed by atoms with Crippen LogP contribution in [0.25, 0.3) is 22.9 Å². The van der Waals surface area contributed by atoms with E-state index in [9.17, 15) is 20.2 Å². The first-order valence-electron chi connectivity index (χ1n) is 9.74. The number of non-ortho nitro benzene ring substituents is 1. The molecular formula is C23H19N3O6S. The van der Waals surface area contributed by atoms with E-state index in [0.29, 0.717) is 38.9 Å². The number of ether oxygens (including phenoxy) is 3. The average molecular weight is 465 g/mol. The fourth-order valence-electron chi connectivity index (χ4n) is 2.85. The van der Waals surface area contributed by atoms with Crippen LogP contribution in [0.2, 0.25) is 0 Å². The molecule has 3 aromatic rings. The zero-order chi connectivity index (χ0) is 23.8. The number of benzene rings is 2. The molecule has 9 nitrogen and oxygen atoms in total. The summed E-state index contributed by atoms with van der Waals surface area (Å²) in [6.07, 6.45) is 1.65. The smallest absolute Gasteiger partial charge is 0.344 e. The lowest BCUT2D eigenvalue weighted by Crippen LogP contribution is -2.14. The molecule has 0 unspecified atom stereocenters. The highest BCUT2D eigenvalue weighted by atomic mass is 32.1. The fourth-order valence-corrected chi connectivity index (χ4v) is 3.64. The number of nitro groups is 1. The van der Waals surface area contributed by atoms with Crippen molar-refractivity contribution in [1.82, 2.24) is 4.98 Å². The van der Waals surface area contributed by atoms with E-state index in [1.807, 2.05) is 0 Å². The van der Waals surface area contributed by atoms with E-state index >= 15 is 0 Å². The largest absolute Gasteiger partial charge is 0.493 e. The Morgan fingerprint density at radius 2 is 2.09 bits per heavy atom. The molecule has 0 saturated carbocycles. The lowest BCUT2D eigenvalue weighted by Gasteiger charge is -2.11. The molecule has 2 aromatic carbocycles. The number of carbonyl (C=O) groups excluding carboxylic acids is 1. The molecule has 10 heteroatoms. The molecular weight excluding hydrogens is 446 g/mol. The molecule has 0 aliphatic carbocycles. The number of esters is 1. The third-order valence-electron chi connectivity index (χ3n) is 4.36. The molecule has 0 N–H and O–H groups in total. The van der Waals surface area contributed by atoms with Crippen molar-refractivity contribution in [1.29, 1.82) is 5.26 Å². The van der Waals surface area contributed by atoms with Crippen LogP contribution >= 0.6 is 11.3 Å². The Morgan fingerprint density at radius 3 is 2.79 bits per heavy atom. The predicted molar refractivity (Wildman–Crippen MR) is 123 cm³/mol. The number of rotatable bonds is 9. The van der Waals surface area contributed by atoms with Crippen LogP contribution in [0.4, 0.5) is 5.69 Å². The van der Waals surface area contributed by atoms with Crippen molar-refractivity contribution in [3.63, 3.8) is 0 Å². The van der Waals surface area contributed by atoms with Crippen molar-refractivity contribution in [2.45, 2.75) is 6.92 Å². The van der Waals surface area contributed by atoms with E-state index in [2.05, 4.69) is 11.1 Å². The molecule has 3 rings (SSSR count). The minimum Gasteiger partial charge on any atom is -0.493 e. The zero-order valence-electron chi connectivity index (χ0n) is 17.8. The Balaban J connectivity index is 1.84. The maximum atomic E-state index is 11.5. The number of aromatic nitrogens is 1. The standard InChI is InChI=1S/C23H19N3O6S/c1-3-31-22(27)13-32-20-8-7-15(10-21(20)30-2)9-17(12-24)23-25-19(14-33-23)16-5-4-6-18(11-16)26(28)29/h4-11,14H,3,13H2,1-2H3/b17-9+. The van der Waals surface area contributed by atoms with Crippen molar-refractivity contribution in [2.75, 3.05) is 20.3 Å². The Hall–Kier alpha value is -4.23. The quantitative estimate of drug-likeness (QED) is 0.192. The number of carbonyl (C=O) groups is 1. The SMILES string of the molecule is CCOC(=O)COc1ccc(/C=C(\C#N)c2nc(-c3cccc([N+](=O)[O-])c3)cs2)cc1OC. The Kier molecular flexibility index (Phi) is 7.73. The van der Waals surface area contributed by atoms with Gasteiger partial charge in [-0.2, -0.15) is 5.26 Å². The first kappa shape index (κ1) is 23.4. The van der Waals surface area contributed by atoms with Crippen LogP contribution in [0, 0.1) is 21.4 Å². The van der Waals surface area contributed by atoms with Crippen LogP contribution < -0.4 is 9.47 Å². The van der Waals surface area contributed by atoms with E-state index in [-0.39, 0.29) is 18.9 Å². The number of allylic oxidation sites excluding steroid dienone is 1. The normalized spacial score (nSPS) is 10.9. The summed E-state index contributed by atoms with van der Waals surface area (Å²) in [5.41, 5.74) is 2.09. The lowest BCUT2D eigenvalue weighted by atomic mass is 10.1. The summed E-state index contributed by atoms with van der Waals surface area (Å²) in [4.78, 5) is 26.5. The van der Waals surface area contributed by atoms with Crippen LogP contribution in [0.5, 0.6) is 11.5 Å². The summed E-state index contributed by atoms with van der Waals surface area (Å²) >= 11 is 1.26. The average Bonchev–Trinajstić information content (AvgIpc) is 3.32. The number of nitriles is 1. The van der Waals surface area contributed by atoms with Crippen LogP contribution in [0.3, 0.4) is 0 Å². The van der Waals surface area contributed by atoms with E-state index < -0.39 is 10.9 Å². The molecule has 0 aliphatic rings. The highest BCUT2D eigenvalue weighted by molar-refractivity contribution is 7.11. The second kappa shape index (κ2) is 10.9. The van der Waals surface area contributed by atoms with Crippen molar-refractivity contribution >= 4 is 34.6 Å². The third kappa shape index (κ3) is 5.93. The molecule has 1 aromatic heterocycles. The molecule has 0 spiro atoms. The number of thiazole rings is 1. The van der Waals surface area contributed by atoms with E-state index in [1.54, 1.807) is 48.7 Å². The summed E-state index contributed by atoms with van der Waals surface area (Å²) in [7, 11) is 1.47. The highest BCUT2D eigenvalue weighted by Crippen LogP contribution is 2.32. The number of hydrogen-bond donors (Lipinski definition) is 0. The number of nitrogens with zero attached hydrogens (tertiary/aromatic N) is 3. The Bertz CT molecular complexity index is 1240. The Morgan fingerprint density at radius 1 is 1.27 bits per heavy atom. The maximum absolute atomic E-state index is 11.5. The van der Waals surface area contributed by atoms with Gasteiger partial charge in [0.15, 0.2) is 18.1 Å². The van der Waals surface area contributed by atoms with Gasteiger partial charge >= 0.3 is 5.97 Å². The van der Waals surface area contributed by atoms with E-state index in [4.69, 9.17) is 14.2 Å². The second-order valence-electron chi connectivity index (χ2n) is 6.52. The third-order valence-corrected chi connectivity index (χ3v) is 5.23. The number of hydrogen-bond acceptors (Lipinski definition) is 9. The van der Waals surface area contributed by atoms with Gasteiger partial charge in [-0.1, -0.05) is 18.2 Å². The van der Waals surface area contributed by atoms with Gasteiger partial charge in [0.1, 0.15) is 11.1 Å². The first-order valence-corrected chi connectivity index (χ1v) is 10.6. The zero-order valence-corrected chi connectivity index (χ0v) is 18.6. The van der Waals surface area contributed by atoms with Gasteiger partial charge in [-0.25, -0.2) is 9.78 Å². The molecule has 0 atom stereocenters. The molecule has 0 amide bonds. The molecule has 168 valence electrons. The van der Waals surface area contributed by atoms with Crippen molar-refractivity contribution in [3.8, 4) is 28.8 Å². The summed E-state index contributed by atoms with van der Waals surface area (Å²) in [6, 6.07) is 13.3. The van der Waals surface area contributed by atoms with Crippen LogP contribution in [0.15, 0.2) is 47.8 Å². The molecule has 0 saturated heterocycles. The monoisotopic (exact) mass is 465 g/mol. The summed E-state index contributed by atoms with van der Waals surface area (Å²) in [5, 5.41) is 22.9. The van der Waals surface area contributed by atoms with E-state index in [0.717, 1.165) is 0 Å². The van der Waals surface area contributed by atoms with Crippen LogP contribution in [-0.4, -0.2) is 36.2 Å².